The van der Waals surface area contributed by atoms with E-state index in [9.17, 15) is 4.79 Å². The first-order valence-electron chi connectivity index (χ1n) is 9.66. The molecule has 6 heteroatoms. The van der Waals surface area contributed by atoms with Crippen LogP contribution in [-0.2, 0) is 0 Å². The van der Waals surface area contributed by atoms with E-state index in [0.29, 0.717) is 5.56 Å². The molecule has 2 atom stereocenters. The lowest BCUT2D eigenvalue weighted by molar-refractivity contribution is 0.0656. The monoisotopic (exact) mass is 450 g/mol. The molecule has 29 heavy (non-hydrogen) atoms. The molecule has 0 N–H and O–H groups in total. The number of hydrogen-bond donors (Lipinski definition) is 0. The Morgan fingerprint density at radius 1 is 1.14 bits per heavy atom. The Balaban J connectivity index is 1.57. The molecule has 5 nitrogen and oxygen atoms in total. The van der Waals surface area contributed by atoms with Crippen molar-refractivity contribution in [3.05, 3.63) is 88.2 Å². The largest absolute Gasteiger partial charge is 0.467 e. The van der Waals surface area contributed by atoms with Crippen LogP contribution in [-0.4, -0.2) is 16.6 Å². The van der Waals surface area contributed by atoms with Crippen LogP contribution in [0.25, 0.3) is 6.08 Å². The van der Waals surface area contributed by atoms with Gasteiger partial charge in [0.1, 0.15) is 17.6 Å². The molecule has 146 valence electrons. The van der Waals surface area contributed by atoms with E-state index in [1.807, 2.05) is 54.6 Å². The number of nitrogens with zero attached hydrogens (tertiary/aromatic N) is 2. The molecule has 0 unspecified atom stereocenters. The lowest BCUT2D eigenvalue weighted by atomic mass is 9.79. The number of hydrogen-bond acceptors (Lipinski definition) is 4. The summed E-state index contributed by atoms with van der Waals surface area (Å²) >= 11 is 3.45. The third kappa shape index (κ3) is 3.38. The molecule has 1 aromatic carbocycles. The minimum absolute atomic E-state index is 0.104. The van der Waals surface area contributed by atoms with E-state index in [-0.39, 0.29) is 17.9 Å². The molecule has 1 fully saturated rings. The number of allylic oxidation sites excluding steroid dienone is 1. The number of amides is 1. The highest BCUT2D eigenvalue weighted by atomic mass is 79.9. The van der Waals surface area contributed by atoms with Crippen molar-refractivity contribution in [2.45, 2.75) is 25.3 Å². The minimum Gasteiger partial charge on any atom is -0.467 e. The summed E-state index contributed by atoms with van der Waals surface area (Å²) in [7, 11) is 0. The van der Waals surface area contributed by atoms with Gasteiger partial charge in [-0.3, -0.25) is 4.79 Å². The Hall–Kier alpha value is -2.86. The van der Waals surface area contributed by atoms with Crippen LogP contribution < -0.4 is 0 Å². The van der Waals surface area contributed by atoms with Crippen LogP contribution in [0.2, 0.25) is 0 Å². The van der Waals surface area contributed by atoms with E-state index in [4.69, 9.17) is 13.9 Å². The molecule has 1 aliphatic heterocycles. The number of carbonyl (C=O) groups is 1. The topological polar surface area (TPSA) is 59.0 Å². The zero-order valence-electron chi connectivity index (χ0n) is 15.6. The van der Waals surface area contributed by atoms with Crippen LogP contribution >= 0.6 is 15.9 Å². The van der Waals surface area contributed by atoms with Gasteiger partial charge in [0.05, 0.1) is 18.2 Å². The molecular weight excluding hydrogens is 432 g/mol. The number of fused-ring (bicyclic) bond motifs is 1. The lowest BCUT2D eigenvalue weighted by Crippen LogP contribution is -2.31. The summed E-state index contributed by atoms with van der Waals surface area (Å²) in [5.41, 5.74) is 2.67. The van der Waals surface area contributed by atoms with Crippen molar-refractivity contribution < 1.29 is 13.6 Å². The highest BCUT2D eigenvalue weighted by Crippen LogP contribution is 2.45. The van der Waals surface area contributed by atoms with Gasteiger partial charge in [-0.1, -0.05) is 22.0 Å². The van der Waals surface area contributed by atoms with Gasteiger partial charge in [-0.15, -0.1) is 0 Å². The molecule has 0 bridgehead atoms. The quantitative estimate of drug-likeness (QED) is 0.486. The maximum atomic E-state index is 13.4. The molecule has 5 rings (SSSR count). The van der Waals surface area contributed by atoms with Crippen molar-refractivity contribution in [2.75, 3.05) is 0 Å². The first-order chi connectivity index (χ1) is 14.2. The maximum absolute atomic E-state index is 13.4. The highest BCUT2D eigenvalue weighted by molar-refractivity contribution is 9.10. The van der Waals surface area contributed by atoms with Crippen molar-refractivity contribution in [3.8, 4) is 0 Å². The first-order valence-corrected chi connectivity index (χ1v) is 10.5. The molecule has 2 aliphatic rings. The van der Waals surface area contributed by atoms with Gasteiger partial charge in [0.15, 0.2) is 0 Å². The third-order valence-electron chi connectivity index (χ3n) is 5.48. The number of carbonyl (C=O) groups excluding carboxylic acids is 1. The number of halogens is 1. The van der Waals surface area contributed by atoms with Crippen LogP contribution in [0, 0.1) is 5.92 Å². The molecule has 3 heterocycles. The SMILES string of the molecule is O=C(c1cccc(Br)c1)N1N=C2/C(=C\c3ccco3)CCC[C@@H]2[C@@H]1c1ccco1. The van der Waals surface area contributed by atoms with Gasteiger partial charge in [0, 0.05) is 16.0 Å². The molecule has 1 aliphatic carbocycles. The molecule has 1 saturated carbocycles. The standard InChI is InChI=1S/C23H19BrN2O3/c24-17-7-1-6-16(13-17)23(27)26-22(20-10-4-12-29-20)19-9-2-5-15(21(19)25-26)14-18-8-3-11-28-18/h1,3-4,6-8,10-14,19,22H,2,5,9H2/b15-14-/t19-,22+/m0/s1. The van der Waals surface area contributed by atoms with Crippen LogP contribution in [0.5, 0.6) is 0 Å². The second-order valence-electron chi connectivity index (χ2n) is 7.29. The average molecular weight is 451 g/mol. The minimum atomic E-state index is -0.244. The fraction of sp³-hybridized carbons (Fsp3) is 0.217. The highest BCUT2D eigenvalue weighted by Gasteiger charge is 2.45. The summed E-state index contributed by atoms with van der Waals surface area (Å²) < 4.78 is 12.1. The van der Waals surface area contributed by atoms with Gasteiger partial charge in [-0.25, -0.2) is 5.01 Å². The molecule has 2 aromatic heterocycles. The van der Waals surface area contributed by atoms with Crippen molar-refractivity contribution >= 4 is 33.6 Å². The maximum Gasteiger partial charge on any atom is 0.274 e. The van der Waals surface area contributed by atoms with E-state index in [1.165, 1.54) is 0 Å². The molecular formula is C23H19BrN2O3. The number of benzene rings is 1. The Morgan fingerprint density at radius 2 is 2.00 bits per heavy atom. The van der Waals surface area contributed by atoms with Gasteiger partial charge in [-0.2, -0.15) is 5.10 Å². The van der Waals surface area contributed by atoms with E-state index < -0.39 is 0 Å². The molecule has 0 saturated heterocycles. The number of hydrazone groups is 1. The number of furan rings is 2. The van der Waals surface area contributed by atoms with Gasteiger partial charge < -0.3 is 8.83 Å². The predicted octanol–water partition coefficient (Wildman–Crippen LogP) is 6.07. The van der Waals surface area contributed by atoms with Gasteiger partial charge in [0.25, 0.3) is 5.91 Å². The Bertz CT molecular complexity index is 1080. The lowest BCUT2D eigenvalue weighted by Gasteiger charge is -2.27. The first kappa shape index (κ1) is 18.2. The van der Waals surface area contributed by atoms with Crippen LogP contribution in [0.3, 0.4) is 0 Å². The van der Waals surface area contributed by atoms with Crippen molar-refractivity contribution in [1.29, 1.82) is 0 Å². The third-order valence-corrected chi connectivity index (χ3v) is 5.97. The van der Waals surface area contributed by atoms with E-state index in [1.54, 1.807) is 17.5 Å². The van der Waals surface area contributed by atoms with Crippen molar-refractivity contribution in [1.82, 2.24) is 5.01 Å². The van der Waals surface area contributed by atoms with E-state index in [0.717, 1.165) is 46.5 Å². The Morgan fingerprint density at radius 3 is 2.76 bits per heavy atom. The molecule has 3 aromatic rings. The van der Waals surface area contributed by atoms with E-state index >= 15 is 0 Å². The Labute approximate surface area is 176 Å². The molecule has 1 amide bonds. The zero-order valence-corrected chi connectivity index (χ0v) is 17.2. The second-order valence-corrected chi connectivity index (χ2v) is 8.20. The normalized spacial score (nSPS) is 22.6. The predicted molar refractivity (Wildman–Crippen MR) is 113 cm³/mol. The summed E-state index contributed by atoms with van der Waals surface area (Å²) in [6, 6.07) is 14.7. The fourth-order valence-corrected chi connectivity index (χ4v) is 4.60. The molecule has 0 spiro atoms. The van der Waals surface area contributed by atoms with Crippen LogP contribution in [0.4, 0.5) is 0 Å². The van der Waals surface area contributed by atoms with E-state index in [2.05, 4.69) is 15.9 Å². The Kier molecular flexibility index (Phi) is 4.72. The van der Waals surface area contributed by atoms with Gasteiger partial charge >= 0.3 is 0 Å². The van der Waals surface area contributed by atoms with Crippen LogP contribution in [0.1, 0.15) is 47.2 Å². The summed E-state index contributed by atoms with van der Waals surface area (Å²) in [5, 5.41) is 6.43. The number of rotatable bonds is 3. The second kappa shape index (κ2) is 7.52. The van der Waals surface area contributed by atoms with Crippen LogP contribution in [0.15, 0.2) is 85.0 Å². The molecule has 0 radical (unpaired) electrons. The van der Waals surface area contributed by atoms with Gasteiger partial charge in [-0.05, 0) is 73.4 Å². The van der Waals surface area contributed by atoms with Gasteiger partial charge in [0.2, 0.25) is 0 Å². The fourth-order valence-electron chi connectivity index (χ4n) is 4.20. The summed E-state index contributed by atoms with van der Waals surface area (Å²) in [4.78, 5) is 13.4. The summed E-state index contributed by atoms with van der Waals surface area (Å²) in [5.74, 6) is 1.53. The average Bonchev–Trinajstić information content (AvgIpc) is 3.48. The smallest absolute Gasteiger partial charge is 0.274 e. The van der Waals surface area contributed by atoms with Crippen molar-refractivity contribution in [2.24, 2.45) is 11.0 Å². The van der Waals surface area contributed by atoms with Crippen molar-refractivity contribution in [3.63, 3.8) is 0 Å². The summed E-state index contributed by atoms with van der Waals surface area (Å²) in [6.45, 7) is 0. The zero-order chi connectivity index (χ0) is 19.8. The summed E-state index contributed by atoms with van der Waals surface area (Å²) in [6.07, 6.45) is 8.26.